The van der Waals surface area contributed by atoms with E-state index < -0.39 is 12.1 Å². The molecule has 0 aromatic carbocycles. The number of carbonyl (C=O) groups is 1. The standard InChI is InChI=1S/C57H101NO3/c1-3-5-7-9-11-13-15-17-19-21-23-24-25-26-27-28-29-30-31-32-33-34-35-37-39-41-43-45-47-49-51-53-57(61)58-55(54-59)56(60)52-50-48-46-44-42-40-38-36-22-20-18-16-14-12-10-8-6-4-2/h5,7,11,13,17,19,22-24,36,42,44,50,52,55-56,59-60H,3-4,6,8-10,12,14-16,18,20-21,25-35,37-41,43,45-49,51,53-54H2,1-2H3,(H,58,61)/b7-5-,13-11-,19-17-,24-23-,36-22+,44-42+,52-50+. The number of amides is 1. The first kappa shape index (κ1) is 58.6. The number of aliphatic hydroxyl groups is 2. The van der Waals surface area contributed by atoms with Crippen molar-refractivity contribution in [3.63, 3.8) is 0 Å². The molecule has 0 aromatic heterocycles. The number of unbranched alkanes of at least 4 members (excludes halogenated alkanes) is 28. The lowest BCUT2D eigenvalue weighted by atomic mass is 10.0. The van der Waals surface area contributed by atoms with Gasteiger partial charge in [-0.15, -0.1) is 0 Å². The predicted molar refractivity (Wildman–Crippen MR) is 271 cm³/mol. The molecule has 0 radical (unpaired) electrons. The number of nitrogens with one attached hydrogen (secondary N) is 1. The fourth-order valence-corrected chi connectivity index (χ4v) is 7.61. The molecule has 0 bridgehead atoms. The van der Waals surface area contributed by atoms with Crippen LogP contribution < -0.4 is 5.32 Å². The van der Waals surface area contributed by atoms with Gasteiger partial charge in [0.25, 0.3) is 0 Å². The van der Waals surface area contributed by atoms with Crippen LogP contribution in [0.2, 0.25) is 0 Å². The van der Waals surface area contributed by atoms with Crippen LogP contribution in [0, 0.1) is 0 Å². The van der Waals surface area contributed by atoms with E-state index in [0.717, 1.165) is 64.2 Å². The Labute approximate surface area is 380 Å². The lowest BCUT2D eigenvalue weighted by Gasteiger charge is -2.19. The molecule has 4 nitrogen and oxygen atoms in total. The van der Waals surface area contributed by atoms with Gasteiger partial charge >= 0.3 is 0 Å². The molecule has 1 amide bonds. The van der Waals surface area contributed by atoms with Gasteiger partial charge in [-0.25, -0.2) is 0 Å². The second kappa shape index (κ2) is 51.9. The van der Waals surface area contributed by atoms with Gasteiger partial charge in [-0.3, -0.25) is 4.79 Å². The van der Waals surface area contributed by atoms with E-state index in [2.05, 4.69) is 92.1 Å². The molecule has 0 aliphatic carbocycles. The normalized spacial score (nSPS) is 13.6. The van der Waals surface area contributed by atoms with Crippen LogP contribution in [0.1, 0.15) is 251 Å². The van der Waals surface area contributed by atoms with Crippen molar-refractivity contribution in [2.75, 3.05) is 6.61 Å². The third kappa shape index (κ3) is 48.5. The number of carbonyl (C=O) groups excluding carboxylic acids is 1. The molecule has 0 saturated heterocycles. The Bertz CT molecular complexity index is 1100. The van der Waals surface area contributed by atoms with Crippen LogP contribution in [-0.4, -0.2) is 34.9 Å². The fourth-order valence-electron chi connectivity index (χ4n) is 7.61. The predicted octanol–water partition coefficient (Wildman–Crippen LogP) is 17.2. The lowest BCUT2D eigenvalue weighted by Crippen LogP contribution is -2.45. The van der Waals surface area contributed by atoms with Gasteiger partial charge < -0.3 is 15.5 Å². The van der Waals surface area contributed by atoms with Crippen LogP contribution in [0.5, 0.6) is 0 Å². The van der Waals surface area contributed by atoms with Gasteiger partial charge in [-0.2, -0.15) is 0 Å². The van der Waals surface area contributed by atoms with Gasteiger partial charge in [-0.1, -0.05) is 247 Å². The average Bonchev–Trinajstić information content (AvgIpc) is 3.26. The molecule has 61 heavy (non-hydrogen) atoms. The minimum absolute atomic E-state index is 0.0783. The highest BCUT2D eigenvalue weighted by Crippen LogP contribution is 2.16. The molecule has 0 aliphatic rings. The van der Waals surface area contributed by atoms with E-state index in [1.807, 2.05) is 6.08 Å². The molecular formula is C57H101NO3. The highest BCUT2D eigenvalue weighted by molar-refractivity contribution is 5.76. The van der Waals surface area contributed by atoms with E-state index in [4.69, 9.17) is 0 Å². The molecule has 0 heterocycles. The maximum Gasteiger partial charge on any atom is 0.220 e. The van der Waals surface area contributed by atoms with Crippen molar-refractivity contribution in [3.8, 4) is 0 Å². The molecular weight excluding hydrogens is 747 g/mol. The summed E-state index contributed by atoms with van der Waals surface area (Å²) < 4.78 is 0. The van der Waals surface area contributed by atoms with Crippen molar-refractivity contribution in [2.45, 2.75) is 264 Å². The summed E-state index contributed by atoms with van der Waals surface area (Å²) >= 11 is 0. The number of hydrogen-bond acceptors (Lipinski definition) is 3. The zero-order chi connectivity index (χ0) is 44.2. The monoisotopic (exact) mass is 848 g/mol. The Morgan fingerprint density at radius 3 is 1.15 bits per heavy atom. The molecule has 0 fully saturated rings. The first-order chi connectivity index (χ1) is 30.2. The highest BCUT2D eigenvalue weighted by atomic mass is 16.3. The van der Waals surface area contributed by atoms with Crippen LogP contribution in [0.3, 0.4) is 0 Å². The van der Waals surface area contributed by atoms with Crippen molar-refractivity contribution in [3.05, 3.63) is 85.1 Å². The molecule has 2 unspecified atom stereocenters. The van der Waals surface area contributed by atoms with E-state index in [1.54, 1.807) is 6.08 Å². The maximum absolute atomic E-state index is 12.4. The maximum atomic E-state index is 12.4. The van der Waals surface area contributed by atoms with E-state index in [9.17, 15) is 15.0 Å². The van der Waals surface area contributed by atoms with Crippen molar-refractivity contribution < 1.29 is 15.0 Å². The molecule has 4 heteroatoms. The molecule has 2 atom stereocenters. The molecule has 0 saturated carbocycles. The molecule has 0 aliphatic heterocycles. The third-order valence-electron chi connectivity index (χ3n) is 11.6. The summed E-state index contributed by atoms with van der Waals surface area (Å²) in [5.74, 6) is -0.0783. The first-order valence-corrected chi connectivity index (χ1v) is 26.3. The Balaban J connectivity index is 3.54. The Morgan fingerprint density at radius 2 is 0.738 bits per heavy atom. The minimum Gasteiger partial charge on any atom is -0.394 e. The van der Waals surface area contributed by atoms with Crippen LogP contribution in [0.25, 0.3) is 0 Å². The van der Waals surface area contributed by atoms with Gasteiger partial charge in [0.2, 0.25) is 5.91 Å². The van der Waals surface area contributed by atoms with E-state index >= 15 is 0 Å². The second-order valence-corrected chi connectivity index (χ2v) is 17.5. The van der Waals surface area contributed by atoms with Crippen LogP contribution in [0.4, 0.5) is 0 Å². The lowest BCUT2D eigenvalue weighted by molar-refractivity contribution is -0.123. The number of allylic oxidation sites excluding steroid dienone is 13. The van der Waals surface area contributed by atoms with Crippen LogP contribution in [-0.2, 0) is 4.79 Å². The SMILES string of the molecule is CC/C=C\C/C=C\C/C=C\C/C=C\CCCCCCCCCCCCCCCCCCCCC(=O)NC(CO)C(O)/C=C/CC/C=C/CC/C=C/CCCCCCCCCC. The summed E-state index contributed by atoms with van der Waals surface area (Å²) in [7, 11) is 0. The van der Waals surface area contributed by atoms with E-state index in [0.29, 0.717) is 6.42 Å². The topological polar surface area (TPSA) is 69.6 Å². The largest absolute Gasteiger partial charge is 0.394 e. The first-order valence-electron chi connectivity index (χ1n) is 26.3. The average molecular weight is 848 g/mol. The fraction of sp³-hybridized carbons (Fsp3) is 0.737. The smallest absolute Gasteiger partial charge is 0.220 e. The Morgan fingerprint density at radius 1 is 0.410 bits per heavy atom. The quantitative estimate of drug-likeness (QED) is 0.0422. The summed E-state index contributed by atoms with van der Waals surface area (Å²) in [6, 6.07) is -0.648. The second-order valence-electron chi connectivity index (χ2n) is 17.5. The van der Waals surface area contributed by atoms with Gasteiger partial charge in [0.15, 0.2) is 0 Å². The zero-order valence-electron chi connectivity index (χ0n) is 40.4. The van der Waals surface area contributed by atoms with Crippen molar-refractivity contribution in [1.82, 2.24) is 5.32 Å². The van der Waals surface area contributed by atoms with Crippen LogP contribution in [0.15, 0.2) is 85.1 Å². The highest BCUT2D eigenvalue weighted by Gasteiger charge is 2.17. The minimum atomic E-state index is -0.873. The van der Waals surface area contributed by atoms with E-state index in [-0.39, 0.29) is 12.5 Å². The van der Waals surface area contributed by atoms with Gasteiger partial charge in [0.05, 0.1) is 18.8 Å². The molecule has 3 N–H and O–H groups in total. The Hall–Kier alpha value is -2.43. The van der Waals surface area contributed by atoms with Crippen molar-refractivity contribution >= 4 is 5.91 Å². The zero-order valence-corrected chi connectivity index (χ0v) is 40.4. The Kier molecular flexibility index (Phi) is 49.8. The number of hydrogen-bond donors (Lipinski definition) is 3. The van der Waals surface area contributed by atoms with Gasteiger partial charge in [-0.05, 0) is 83.5 Å². The van der Waals surface area contributed by atoms with Gasteiger partial charge in [0.1, 0.15) is 0 Å². The molecule has 0 rings (SSSR count). The number of rotatable bonds is 47. The molecule has 0 spiro atoms. The summed E-state index contributed by atoms with van der Waals surface area (Å²) in [5, 5.41) is 23.1. The summed E-state index contributed by atoms with van der Waals surface area (Å²) in [6.45, 7) is 4.18. The molecule has 352 valence electrons. The summed E-state index contributed by atoms with van der Waals surface area (Å²) in [5.41, 5.74) is 0. The number of aliphatic hydroxyl groups excluding tert-OH is 2. The van der Waals surface area contributed by atoms with E-state index in [1.165, 1.54) is 167 Å². The summed E-state index contributed by atoms with van der Waals surface area (Å²) in [4.78, 5) is 12.4. The van der Waals surface area contributed by atoms with Gasteiger partial charge in [0, 0.05) is 6.42 Å². The van der Waals surface area contributed by atoms with Crippen molar-refractivity contribution in [1.29, 1.82) is 0 Å². The summed E-state index contributed by atoms with van der Waals surface area (Å²) in [6.07, 6.45) is 75.9. The van der Waals surface area contributed by atoms with Crippen molar-refractivity contribution in [2.24, 2.45) is 0 Å². The van der Waals surface area contributed by atoms with Crippen LogP contribution >= 0.6 is 0 Å². The third-order valence-corrected chi connectivity index (χ3v) is 11.6. The molecule has 0 aromatic rings.